The van der Waals surface area contributed by atoms with E-state index in [0.29, 0.717) is 15.7 Å². The maximum atomic E-state index is 11.5. The zero-order valence-electron chi connectivity index (χ0n) is 10.8. The number of aryl methyl sites for hydroxylation is 1. The fraction of sp³-hybridized carbons (Fsp3) is 0.200. The third kappa shape index (κ3) is 3.50. The first-order valence-electron chi connectivity index (χ1n) is 6.06. The summed E-state index contributed by atoms with van der Waals surface area (Å²) in [7, 11) is 0. The van der Waals surface area contributed by atoms with Crippen LogP contribution in [0.2, 0.25) is 10.2 Å². The number of hydrogen-bond acceptors (Lipinski definition) is 2. The minimum atomic E-state index is -0.887. The number of rotatable bonds is 4. The van der Waals surface area contributed by atoms with Crippen molar-refractivity contribution in [1.82, 2.24) is 4.98 Å². The molecule has 0 bridgehead atoms. The summed E-state index contributed by atoms with van der Waals surface area (Å²) in [6.45, 7) is 1.93. The van der Waals surface area contributed by atoms with E-state index in [1.807, 2.05) is 31.2 Å². The molecular weight excluding hydrogens is 297 g/mol. The normalized spacial score (nSPS) is 12.2. The van der Waals surface area contributed by atoms with Gasteiger partial charge in [-0.2, -0.15) is 0 Å². The first-order valence-corrected chi connectivity index (χ1v) is 6.82. The van der Waals surface area contributed by atoms with E-state index in [4.69, 9.17) is 23.2 Å². The highest BCUT2D eigenvalue weighted by atomic mass is 35.5. The third-order valence-corrected chi connectivity index (χ3v) is 3.62. The molecule has 1 unspecified atom stereocenters. The molecule has 0 saturated heterocycles. The van der Waals surface area contributed by atoms with E-state index in [-0.39, 0.29) is 6.42 Å². The Morgan fingerprint density at radius 2 is 2.10 bits per heavy atom. The molecule has 1 aromatic heterocycles. The summed E-state index contributed by atoms with van der Waals surface area (Å²) in [6.07, 6.45) is 1.80. The molecule has 3 nitrogen and oxygen atoms in total. The van der Waals surface area contributed by atoms with Gasteiger partial charge in [0.1, 0.15) is 5.15 Å². The second-order valence-corrected chi connectivity index (χ2v) is 5.40. The SMILES string of the molecule is Cc1cccc(C(Cc2cnc(Cl)cc2Cl)C(=O)O)c1. The van der Waals surface area contributed by atoms with Crippen LogP contribution in [0.5, 0.6) is 0 Å². The molecule has 0 aliphatic rings. The molecule has 0 spiro atoms. The van der Waals surface area contributed by atoms with Crippen molar-refractivity contribution in [2.45, 2.75) is 19.3 Å². The van der Waals surface area contributed by atoms with Crippen LogP contribution < -0.4 is 0 Å². The maximum Gasteiger partial charge on any atom is 0.311 e. The van der Waals surface area contributed by atoms with Gasteiger partial charge in [0.15, 0.2) is 0 Å². The van der Waals surface area contributed by atoms with Crippen molar-refractivity contribution in [2.24, 2.45) is 0 Å². The molecule has 0 aliphatic carbocycles. The number of benzene rings is 1. The van der Waals surface area contributed by atoms with E-state index < -0.39 is 11.9 Å². The summed E-state index contributed by atoms with van der Waals surface area (Å²) >= 11 is 11.8. The summed E-state index contributed by atoms with van der Waals surface area (Å²) in [6, 6.07) is 8.98. The molecule has 1 atom stereocenters. The largest absolute Gasteiger partial charge is 0.481 e. The molecule has 2 aromatic rings. The Balaban J connectivity index is 2.33. The molecule has 0 radical (unpaired) electrons. The van der Waals surface area contributed by atoms with Gasteiger partial charge in [-0.1, -0.05) is 53.0 Å². The van der Waals surface area contributed by atoms with Crippen molar-refractivity contribution in [1.29, 1.82) is 0 Å². The number of hydrogen-bond donors (Lipinski definition) is 1. The highest BCUT2D eigenvalue weighted by Gasteiger charge is 2.21. The van der Waals surface area contributed by atoms with Gasteiger partial charge in [0, 0.05) is 11.2 Å². The maximum absolute atomic E-state index is 11.5. The van der Waals surface area contributed by atoms with Crippen molar-refractivity contribution in [3.05, 3.63) is 63.4 Å². The predicted octanol–water partition coefficient (Wildman–Crippen LogP) is 4.11. The van der Waals surface area contributed by atoms with Gasteiger partial charge in [0.25, 0.3) is 0 Å². The van der Waals surface area contributed by atoms with Crippen LogP contribution in [0, 0.1) is 6.92 Å². The van der Waals surface area contributed by atoms with Gasteiger partial charge in [-0.3, -0.25) is 4.79 Å². The second kappa shape index (κ2) is 6.25. The van der Waals surface area contributed by atoms with Crippen LogP contribution in [0.25, 0.3) is 0 Å². The molecule has 2 rings (SSSR count). The average Bonchev–Trinajstić information content (AvgIpc) is 2.37. The van der Waals surface area contributed by atoms with E-state index in [0.717, 1.165) is 11.1 Å². The van der Waals surface area contributed by atoms with Gasteiger partial charge in [-0.15, -0.1) is 0 Å². The summed E-state index contributed by atoms with van der Waals surface area (Å²) in [5.41, 5.74) is 2.45. The molecule has 1 heterocycles. The Morgan fingerprint density at radius 3 is 2.70 bits per heavy atom. The molecule has 0 saturated carbocycles. The van der Waals surface area contributed by atoms with Crippen LogP contribution in [0.3, 0.4) is 0 Å². The minimum Gasteiger partial charge on any atom is -0.481 e. The van der Waals surface area contributed by atoms with Gasteiger partial charge in [-0.25, -0.2) is 4.98 Å². The van der Waals surface area contributed by atoms with Crippen molar-refractivity contribution < 1.29 is 9.90 Å². The van der Waals surface area contributed by atoms with Crippen molar-refractivity contribution >= 4 is 29.2 Å². The highest BCUT2D eigenvalue weighted by Crippen LogP contribution is 2.27. The summed E-state index contributed by atoms with van der Waals surface area (Å²) in [5.74, 6) is -1.54. The summed E-state index contributed by atoms with van der Waals surface area (Å²) in [5, 5.41) is 10.2. The van der Waals surface area contributed by atoms with E-state index in [1.165, 1.54) is 12.3 Å². The van der Waals surface area contributed by atoms with Crippen LogP contribution in [-0.2, 0) is 11.2 Å². The van der Waals surface area contributed by atoms with Gasteiger partial charge in [0.2, 0.25) is 0 Å². The van der Waals surface area contributed by atoms with Crippen LogP contribution in [0.15, 0.2) is 36.5 Å². The molecule has 1 N–H and O–H groups in total. The zero-order valence-corrected chi connectivity index (χ0v) is 12.3. The topological polar surface area (TPSA) is 50.2 Å². The highest BCUT2D eigenvalue weighted by molar-refractivity contribution is 6.34. The van der Waals surface area contributed by atoms with E-state index in [9.17, 15) is 9.90 Å². The lowest BCUT2D eigenvalue weighted by molar-refractivity contribution is -0.138. The van der Waals surface area contributed by atoms with Gasteiger partial charge in [-0.05, 0) is 30.5 Å². The molecule has 1 aromatic carbocycles. The monoisotopic (exact) mass is 309 g/mol. The van der Waals surface area contributed by atoms with E-state index in [1.54, 1.807) is 0 Å². The molecule has 0 aliphatic heterocycles. The Bertz CT molecular complexity index is 644. The number of carboxylic acids is 1. The lowest BCUT2D eigenvalue weighted by Crippen LogP contribution is -2.15. The van der Waals surface area contributed by atoms with Gasteiger partial charge in [0.05, 0.1) is 5.92 Å². The standard InChI is InChI=1S/C15H13Cl2NO2/c1-9-3-2-4-10(5-9)12(15(19)20)6-11-8-18-14(17)7-13(11)16/h2-5,7-8,12H,6H2,1H3,(H,19,20). The van der Waals surface area contributed by atoms with E-state index in [2.05, 4.69) is 4.98 Å². The number of pyridine rings is 1. The van der Waals surface area contributed by atoms with Crippen LogP contribution in [-0.4, -0.2) is 16.1 Å². The van der Waals surface area contributed by atoms with Gasteiger partial charge >= 0.3 is 5.97 Å². The first-order chi connectivity index (χ1) is 9.47. The van der Waals surface area contributed by atoms with Crippen molar-refractivity contribution in [3.8, 4) is 0 Å². The van der Waals surface area contributed by atoms with Gasteiger partial charge < -0.3 is 5.11 Å². The zero-order chi connectivity index (χ0) is 14.7. The Hall–Kier alpha value is -1.58. The lowest BCUT2D eigenvalue weighted by Gasteiger charge is -2.14. The van der Waals surface area contributed by atoms with Crippen molar-refractivity contribution in [2.75, 3.05) is 0 Å². The number of aromatic nitrogens is 1. The Kier molecular flexibility index (Phi) is 4.63. The number of nitrogens with zero attached hydrogens (tertiary/aromatic N) is 1. The Labute approximate surface area is 127 Å². The van der Waals surface area contributed by atoms with Crippen LogP contribution in [0.1, 0.15) is 22.6 Å². The number of carboxylic acid groups (broad SMARTS) is 1. The summed E-state index contributed by atoms with van der Waals surface area (Å²) < 4.78 is 0. The van der Waals surface area contributed by atoms with Crippen LogP contribution >= 0.6 is 23.2 Å². The molecule has 0 fully saturated rings. The molecule has 5 heteroatoms. The minimum absolute atomic E-state index is 0.280. The number of aliphatic carboxylic acids is 1. The second-order valence-electron chi connectivity index (χ2n) is 4.61. The molecule has 20 heavy (non-hydrogen) atoms. The van der Waals surface area contributed by atoms with E-state index >= 15 is 0 Å². The fourth-order valence-corrected chi connectivity index (χ4v) is 2.48. The van der Waals surface area contributed by atoms with Crippen molar-refractivity contribution in [3.63, 3.8) is 0 Å². The predicted molar refractivity (Wildman–Crippen MR) is 79.5 cm³/mol. The number of halogens is 2. The average molecular weight is 310 g/mol. The fourth-order valence-electron chi connectivity index (χ4n) is 2.04. The first kappa shape index (κ1) is 14.8. The molecule has 104 valence electrons. The molecule has 0 amide bonds. The quantitative estimate of drug-likeness (QED) is 0.865. The number of carbonyl (C=O) groups is 1. The smallest absolute Gasteiger partial charge is 0.311 e. The van der Waals surface area contributed by atoms with Crippen LogP contribution in [0.4, 0.5) is 0 Å². The lowest BCUT2D eigenvalue weighted by atomic mass is 9.92. The molecular formula is C15H13Cl2NO2. The Morgan fingerprint density at radius 1 is 1.35 bits per heavy atom. The third-order valence-electron chi connectivity index (χ3n) is 3.06. The summed E-state index contributed by atoms with van der Waals surface area (Å²) in [4.78, 5) is 15.5.